The highest BCUT2D eigenvalue weighted by molar-refractivity contribution is 5.97. The quantitative estimate of drug-likeness (QED) is 0.519. The molecule has 0 N–H and O–H groups in total. The van der Waals surface area contributed by atoms with Gasteiger partial charge in [0.15, 0.2) is 5.78 Å². The van der Waals surface area contributed by atoms with Crippen LogP contribution in [0.1, 0.15) is 90.0 Å². The number of carbonyl (C=O) groups excluding carboxylic acids is 2. The van der Waals surface area contributed by atoms with Crippen LogP contribution in [0, 0.1) is 11.8 Å². The molecule has 0 aromatic heterocycles. The average Bonchev–Trinajstić information content (AvgIpc) is 2.77. The lowest BCUT2D eigenvalue weighted by Gasteiger charge is -2.56. The predicted molar refractivity (Wildman–Crippen MR) is 134 cm³/mol. The van der Waals surface area contributed by atoms with Crippen molar-refractivity contribution in [3.8, 4) is 0 Å². The van der Waals surface area contributed by atoms with Crippen molar-refractivity contribution in [1.29, 1.82) is 0 Å². The number of piperidine rings is 2. The summed E-state index contributed by atoms with van der Waals surface area (Å²) in [5.74, 6) is 2.05. The van der Waals surface area contributed by atoms with Crippen LogP contribution in [-0.4, -0.2) is 40.8 Å². The smallest absolute Gasteiger partial charge is 0.224 e. The maximum atomic E-state index is 13.0. The number of para-hydroxylation sites is 1. The first kappa shape index (κ1) is 22.8. The van der Waals surface area contributed by atoms with Crippen molar-refractivity contribution < 1.29 is 9.59 Å². The van der Waals surface area contributed by atoms with Crippen LogP contribution in [0.25, 0.3) is 6.08 Å². The van der Waals surface area contributed by atoms with Crippen LogP contribution < -0.4 is 4.90 Å². The van der Waals surface area contributed by atoms with Gasteiger partial charge in [0.05, 0.1) is 5.69 Å². The third-order valence-electron chi connectivity index (χ3n) is 8.93. The maximum absolute atomic E-state index is 13.0. The molecule has 4 bridgehead atoms. The Morgan fingerprint density at radius 1 is 0.848 bits per heavy atom. The van der Waals surface area contributed by atoms with Gasteiger partial charge < -0.3 is 4.90 Å². The fourth-order valence-electron chi connectivity index (χ4n) is 7.81. The Balaban J connectivity index is 1.39. The molecule has 2 aliphatic heterocycles. The van der Waals surface area contributed by atoms with Gasteiger partial charge in [0.2, 0.25) is 5.91 Å². The molecule has 0 radical (unpaired) electrons. The van der Waals surface area contributed by atoms with Crippen molar-refractivity contribution in [3.63, 3.8) is 0 Å². The van der Waals surface area contributed by atoms with Gasteiger partial charge in [-0.05, 0) is 87.5 Å². The van der Waals surface area contributed by atoms with E-state index in [4.69, 9.17) is 0 Å². The highest BCUT2D eigenvalue weighted by Gasteiger charge is 2.46. The van der Waals surface area contributed by atoms with E-state index >= 15 is 0 Å². The minimum absolute atomic E-state index is 0.0271. The van der Waals surface area contributed by atoms with Gasteiger partial charge in [-0.25, -0.2) is 0 Å². The van der Waals surface area contributed by atoms with Crippen LogP contribution in [0.5, 0.6) is 0 Å². The molecule has 2 saturated heterocycles. The van der Waals surface area contributed by atoms with Gasteiger partial charge in [-0.3, -0.25) is 14.5 Å². The van der Waals surface area contributed by atoms with E-state index < -0.39 is 0 Å². The van der Waals surface area contributed by atoms with Gasteiger partial charge in [0.25, 0.3) is 0 Å². The van der Waals surface area contributed by atoms with Crippen LogP contribution in [0.3, 0.4) is 0 Å². The summed E-state index contributed by atoms with van der Waals surface area (Å²) in [6.45, 7) is 3.27. The number of fused-ring (bicyclic) bond motifs is 4. The summed E-state index contributed by atoms with van der Waals surface area (Å²) < 4.78 is 0. The standard InChI is InChI=1S/C29H40N2O2/c1-20(32)13-14-24-9-3-4-12-29(24)30(21(2)33)28-18-25-10-6-11-26(19-28)31(25)27-16-22-7-5-8-23(15-22)17-27/h3-4,9,12-14,22-23,25-28H,5-8,10-11,15-19H2,1-2H3/b14-13+. The molecule has 5 rings (SSSR count). The SMILES string of the molecule is CC(=O)/C=C/c1ccccc1N(C(C)=O)C1CC2CCCC(C1)N2C1CC2CCCC(C2)C1. The van der Waals surface area contributed by atoms with E-state index in [0.29, 0.717) is 12.1 Å². The summed E-state index contributed by atoms with van der Waals surface area (Å²) in [5, 5.41) is 0. The summed E-state index contributed by atoms with van der Waals surface area (Å²) in [6, 6.07) is 10.3. The van der Waals surface area contributed by atoms with Gasteiger partial charge in [0.1, 0.15) is 0 Å². The number of anilines is 1. The predicted octanol–water partition coefficient (Wildman–Crippen LogP) is 6.00. The Morgan fingerprint density at radius 2 is 1.48 bits per heavy atom. The molecule has 33 heavy (non-hydrogen) atoms. The van der Waals surface area contributed by atoms with E-state index in [1.165, 1.54) is 57.8 Å². The monoisotopic (exact) mass is 448 g/mol. The lowest BCUT2D eigenvalue weighted by Crippen LogP contribution is -2.61. The molecule has 4 heteroatoms. The second kappa shape index (κ2) is 9.74. The molecule has 2 saturated carbocycles. The number of rotatable bonds is 5. The highest BCUT2D eigenvalue weighted by atomic mass is 16.2. The van der Waals surface area contributed by atoms with Crippen molar-refractivity contribution >= 4 is 23.5 Å². The molecular weight excluding hydrogens is 408 g/mol. The van der Waals surface area contributed by atoms with Gasteiger partial charge in [-0.15, -0.1) is 0 Å². The minimum Gasteiger partial charge on any atom is -0.309 e. The van der Waals surface area contributed by atoms with E-state index in [1.807, 2.05) is 30.3 Å². The molecule has 178 valence electrons. The molecule has 4 aliphatic rings. The number of hydrogen-bond acceptors (Lipinski definition) is 3. The van der Waals surface area contributed by atoms with E-state index in [9.17, 15) is 9.59 Å². The van der Waals surface area contributed by atoms with Crippen LogP contribution >= 0.6 is 0 Å². The Bertz CT molecular complexity index is 883. The van der Waals surface area contributed by atoms with Crippen molar-refractivity contribution in [2.45, 2.75) is 109 Å². The number of benzene rings is 1. The molecular formula is C29H40N2O2. The lowest BCUT2D eigenvalue weighted by molar-refractivity contribution is -0.118. The van der Waals surface area contributed by atoms with Gasteiger partial charge in [-0.2, -0.15) is 0 Å². The number of carbonyl (C=O) groups is 2. The third kappa shape index (κ3) is 4.82. The Morgan fingerprint density at radius 3 is 2.12 bits per heavy atom. The number of nitrogens with zero attached hydrogens (tertiary/aromatic N) is 2. The van der Waals surface area contributed by atoms with Gasteiger partial charge in [0, 0.05) is 31.1 Å². The summed E-state index contributed by atoms with van der Waals surface area (Å²) in [7, 11) is 0. The van der Waals surface area contributed by atoms with Gasteiger partial charge >= 0.3 is 0 Å². The fraction of sp³-hybridized carbons (Fsp3) is 0.655. The number of ketones is 1. The number of allylic oxidation sites excluding steroid dienone is 1. The zero-order valence-electron chi connectivity index (χ0n) is 20.4. The van der Waals surface area contributed by atoms with E-state index in [0.717, 1.165) is 42.0 Å². The molecule has 1 aromatic rings. The summed E-state index contributed by atoms with van der Waals surface area (Å²) in [6.07, 6.45) is 18.1. The average molecular weight is 449 g/mol. The molecule has 2 heterocycles. The van der Waals surface area contributed by atoms with E-state index in [2.05, 4.69) is 9.80 Å². The summed E-state index contributed by atoms with van der Waals surface area (Å²) in [4.78, 5) is 29.5. The van der Waals surface area contributed by atoms with Gasteiger partial charge in [-0.1, -0.05) is 43.9 Å². The molecule has 4 nitrogen and oxygen atoms in total. The van der Waals surface area contributed by atoms with Crippen molar-refractivity contribution in [2.24, 2.45) is 11.8 Å². The third-order valence-corrected chi connectivity index (χ3v) is 8.93. The first-order valence-electron chi connectivity index (χ1n) is 13.3. The normalized spacial score (nSPS) is 34.2. The second-order valence-electron chi connectivity index (χ2n) is 11.2. The zero-order chi connectivity index (χ0) is 22.9. The molecule has 0 spiro atoms. The van der Waals surface area contributed by atoms with Crippen molar-refractivity contribution in [3.05, 3.63) is 35.9 Å². The minimum atomic E-state index is 0.0271. The second-order valence-corrected chi connectivity index (χ2v) is 11.2. The lowest BCUT2D eigenvalue weighted by atomic mass is 9.68. The summed E-state index contributed by atoms with van der Waals surface area (Å²) in [5.41, 5.74) is 1.90. The molecule has 1 amide bonds. The van der Waals surface area contributed by atoms with Crippen molar-refractivity contribution in [2.75, 3.05) is 4.90 Å². The molecule has 4 unspecified atom stereocenters. The van der Waals surface area contributed by atoms with Crippen LogP contribution in [0.4, 0.5) is 5.69 Å². The summed E-state index contributed by atoms with van der Waals surface area (Å²) >= 11 is 0. The Labute approximate surface area is 199 Å². The van der Waals surface area contributed by atoms with Crippen molar-refractivity contribution in [1.82, 2.24) is 4.90 Å². The fourth-order valence-corrected chi connectivity index (χ4v) is 7.81. The van der Waals surface area contributed by atoms with E-state index in [-0.39, 0.29) is 17.7 Å². The van der Waals surface area contributed by atoms with Crippen LogP contribution in [0.15, 0.2) is 30.3 Å². The maximum Gasteiger partial charge on any atom is 0.224 e. The zero-order valence-corrected chi connectivity index (χ0v) is 20.4. The molecule has 4 fully saturated rings. The van der Waals surface area contributed by atoms with Crippen LogP contribution in [0.2, 0.25) is 0 Å². The Kier molecular flexibility index (Phi) is 6.74. The molecule has 4 atom stereocenters. The first-order valence-corrected chi connectivity index (χ1v) is 13.3. The van der Waals surface area contributed by atoms with Crippen LogP contribution in [-0.2, 0) is 9.59 Å². The number of amides is 1. The highest BCUT2D eigenvalue weighted by Crippen LogP contribution is 2.46. The first-order chi connectivity index (χ1) is 16.0. The largest absolute Gasteiger partial charge is 0.309 e. The van der Waals surface area contributed by atoms with E-state index in [1.54, 1.807) is 19.9 Å². The number of hydrogen-bond donors (Lipinski definition) is 0. The Hall–Kier alpha value is -1.94. The topological polar surface area (TPSA) is 40.6 Å². The molecule has 2 aliphatic carbocycles. The molecule has 1 aromatic carbocycles.